The molecule has 0 spiro atoms. The third-order valence-electron chi connectivity index (χ3n) is 4.24. The van der Waals surface area contributed by atoms with Crippen molar-refractivity contribution in [2.75, 3.05) is 0 Å². The largest absolute Gasteiger partial charge is 0.346 e. The second kappa shape index (κ2) is 9.25. The molecule has 0 radical (unpaired) electrons. The monoisotopic (exact) mass is 361 g/mol. The summed E-state index contributed by atoms with van der Waals surface area (Å²) < 4.78 is 0. The van der Waals surface area contributed by atoms with Crippen LogP contribution in [0.15, 0.2) is 84.9 Å². The highest BCUT2D eigenvalue weighted by Gasteiger charge is 2.11. The number of carbonyl (C=O) groups excluding carboxylic acids is 1. The van der Waals surface area contributed by atoms with Gasteiger partial charge in [0.05, 0.1) is 6.04 Å². The molecular weight excluding hydrogens is 338 g/mol. The average Bonchev–Trinajstić information content (AvgIpc) is 2.70. The Balaban J connectivity index is 1.51. The topological polar surface area (TPSA) is 29.1 Å². The molecular formula is C23H23NOS. The first-order chi connectivity index (χ1) is 12.7. The van der Waals surface area contributed by atoms with E-state index in [4.69, 9.17) is 0 Å². The van der Waals surface area contributed by atoms with Gasteiger partial charge in [-0.1, -0.05) is 72.8 Å². The van der Waals surface area contributed by atoms with Gasteiger partial charge in [0.25, 0.3) is 5.91 Å². The molecule has 0 saturated heterocycles. The van der Waals surface area contributed by atoms with Gasteiger partial charge in [-0.15, -0.1) is 0 Å². The Kier molecular flexibility index (Phi) is 6.50. The minimum Gasteiger partial charge on any atom is -0.346 e. The fourth-order valence-electron chi connectivity index (χ4n) is 2.72. The fraction of sp³-hybridized carbons (Fsp3) is 0.174. The maximum atomic E-state index is 12.4. The molecule has 3 aromatic rings. The van der Waals surface area contributed by atoms with Crippen molar-refractivity contribution in [3.8, 4) is 0 Å². The summed E-state index contributed by atoms with van der Waals surface area (Å²) in [5.41, 5.74) is 4.38. The van der Waals surface area contributed by atoms with Crippen LogP contribution in [-0.2, 0) is 11.5 Å². The molecule has 1 N–H and O–H groups in total. The molecule has 0 unspecified atom stereocenters. The minimum atomic E-state index is -0.0372. The van der Waals surface area contributed by atoms with Crippen molar-refractivity contribution in [1.82, 2.24) is 5.32 Å². The van der Waals surface area contributed by atoms with Crippen LogP contribution in [0.4, 0.5) is 0 Å². The summed E-state index contributed by atoms with van der Waals surface area (Å²) >= 11 is 1.88. The first-order valence-corrected chi connectivity index (χ1v) is 9.94. The summed E-state index contributed by atoms with van der Waals surface area (Å²) in [6.07, 6.45) is 0. The predicted molar refractivity (Wildman–Crippen MR) is 110 cm³/mol. The van der Waals surface area contributed by atoms with Crippen molar-refractivity contribution < 1.29 is 4.79 Å². The zero-order valence-corrected chi connectivity index (χ0v) is 15.7. The molecule has 0 aliphatic heterocycles. The van der Waals surface area contributed by atoms with Gasteiger partial charge in [-0.25, -0.2) is 0 Å². The van der Waals surface area contributed by atoms with Crippen LogP contribution in [0, 0.1) is 0 Å². The van der Waals surface area contributed by atoms with E-state index in [1.807, 2.05) is 79.3 Å². The summed E-state index contributed by atoms with van der Waals surface area (Å²) in [5, 5.41) is 3.05. The highest BCUT2D eigenvalue weighted by Crippen LogP contribution is 2.18. The zero-order valence-electron chi connectivity index (χ0n) is 14.9. The van der Waals surface area contributed by atoms with E-state index in [1.54, 1.807) is 0 Å². The zero-order chi connectivity index (χ0) is 18.2. The molecule has 0 fully saturated rings. The number of hydrogen-bond donors (Lipinski definition) is 1. The quantitative estimate of drug-likeness (QED) is 0.592. The number of carbonyl (C=O) groups is 1. The predicted octanol–water partition coefficient (Wildman–Crippen LogP) is 5.61. The van der Waals surface area contributed by atoms with E-state index >= 15 is 0 Å². The van der Waals surface area contributed by atoms with Crippen molar-refractivity contribution in [3.05, 3.63) is 107 Å². The molecule has 3 heteroatoms. The molecule has 26 heavy (non-hydrogen) atoms. The Morgan fingerprint density at radius 3 is 1.96 bits per heavy atom. The number of amides is 1. The Bertz CT molecular complexity index is 816. The van der Waals surface area contributed by atoms with Gasteiger partial charge < -0.3 is 5.32 Å². The van der Waals surface area contributed by atoms with E-state index in [0.29, 0.717) is 5.56 Å². The second-order valence-electron chi connectivity index (χ2n) is 6.28. The van der Waals surface area contributed by atoms with Gasteiger partial charge in [-0.05, 0) is 35.7 Å². The Morgan fingerprint density at radius 2 is 1.35 bits per heavy atom. The molecule has 3 aromatic carbocycles. The highest BCUT2D eigenvalue weighted by molar-refractivity contribution is 7.97. The van der Waals surface area contributed by atoms with E-state index in [9.17, 15) is 4.79 Å². The minimum absolute atomic E-state index is 0.00944. The summed E-state index contributed by atoms with van der Waals surface area (Å²) in [5.74, 6) is 1.90. The number of nitrogens with one attached hydrogen (secondary N) is 1. The van der Waals surface area contributed by atoms with Gasteiger partial charge in [0.2, 0.25) is 0 Å². The van der Waals surface area contributed by atoms with Crippen LogP contribution in [0.5, 0.6) is 0 Å². The average molecular weight is 362 g/mol. The van der Waals surface area contributed by atoms with Crippen molar-refractivity contribution in [1.29, 1.82) is 0 Å². The summed E-state index contributed by atoms with van der Waals surface area (Å²) in [7, 11) is 0. The SMILES string of the molecule is C[C@@H](NC(=O)c1ccc(CSCc2ccccc2)cc1)c1ccccc1. The lowest BCUT2D eigenvalue weighted by Gasteiger charge is -2.14. The lowest BCUT2D eigenvalue weighted by molar-refractivity contribution is 0.0940. The lowest BCUT2D eigenvalue weighted by atomic mass is 10.1. The number of benzene rings is 3. The molecule has 0 aliphatic rings. The first kappa shape index (κ1) is 18.3. The standard InChI is InChI=1S/C23H23NOS/c1-18(21-10-6-3-7-11-21)24-23(25)22-14-12-20(13-15-22)17-26-16-19-8-4-2-5-9-19/h2-15,18H,16-17H2,1H3,(H,24,25)/t18-/m1/s1. The number of rotatable bonds is 7. The van der Waals surface area contributed by atoms with Crippen LogP contribution in [0.1, 0.15) is 40.0 Å². The Morgan fingerprint density at radius 1 is 0.808 bits per heavy atom. The number of thioether (sulfide) groups is 1. The third kappa shape index (κ3) is 5.24. The molecule has 1 atom stereocenters. The van der Waals surface area contributed by atoms with Gasteiger partial charge in [-0.2, -0.15) is 11.8 Å². The molecule has 132 valence electrons. The summed E-state index contributed by atoms with van der Waals surface area (Å²) in [6, 6.07) is 28.4. The second-order valence-corrected chi connectivity index (χ2v) is 7.27. The molecule has 1 amide bonds. The van der Waals surface area contributed by atoms with Crippen LogP contribution in [0.2, 0.25) is 0 Å². The van der Waals surface area contributed by atoms with Gasteiger partial charge in [-0.3, -0.25) is 4.79 Å². The van der Waals surface area contributed by atoms with Gasteiger partial charge in [0, 0.05) is 17.1 Å². The van der Waals surface area contributed by atoms with Crippen molar-refractivity contribution in [3.63, 3.8) is 0 Å². The van der Waals surface area contributed by atoms with Crippen LogP contribution in [0.25, 0.3) is 0 Å². The van der Waals surface area contributed by atoms with Crippen LogP contribution in [0.3, 0.4) is 0 Å². The van der Waals surface area contributed by atoms with E-state index in [1.165, 1.54) is 11.1 Å². The molecule has 0 saturated carbocycles. The van der Waals surface area contributed by atoms with E-state index < -0.39 is 0 Å². The summed E-state index contributed by atoms with van der Waals surface area (Å²) in [4.78, 5) is 12.4. The molecule has 0 heterocycles. The van der Waals surface area contributed by atoms with Gasteiger partial charge >= 0.3 is 0 Å². The van der Waals surface area contributed by atoms with Gasteiger partial charge in [0.1, 0.15) is 0 Å². The summed E-state index contributed by atoms with van der Waals surface area (Å²) in [6.45, 7) is 2.00. The van der Waals surface area contributed by atoms with Crippen LogP contribution in [-0.4, -0.2) is 5.91 Å². The fourth-order valence-corrected chi connectivity index (χ4v) is 3.68. The number of hydrogen-bond acceptors (Lipinski definition) is 2. The van der Waals surface area contributed by atoms with Crippen molar-refractivity contribution >= 4 is 17.7 Å². The van der Waals surface area contributed by atoms with Gasteiger partial charge in [0.15, 0.2) is 0 Å². The molecule has 2 nitrogen and oxygen atoms in total. The van der Waals surface area contributed by atoms with Crippen LogP contribution < -0.4 is 5.32 Å². The Hall–Kier alpha value is -2.52. The highest BCUT2D eigenvalue weighted by atomic mass is 32.2. The van der Waals surface area contributed by atoms with Crippen molar-refractivity contribution in [2.24, 2.45) is 0 Å². The maximum Gasteiger partial charge on any atom is 0.251 e. The molecule has 0 aliphatic carbocycles. The van der Waals surface area contributed by atoms with Crippen LogP contribution >= 0.6 is 11.8 Å². The molecule has 3 rings (SSSR count). The van der Waals surface area contributed by atoms with E-state index in [-0.39, 0.29) is 11.9 Å². The maximum absolute atomic E-state index is 12.4. The lowest BCUT2D eigenvalue weighted by Crippen LogP contribution is -2.26. The smallest absolute Gasteiger partial charge is 0.251 e. The van der Waals surface area contributed by atoms with Crippen molar-refractivity contribution in [2.45, 2.75) is 24.5 Å². The Labute approximate surface area is 159 Å². The normalized spacial score (nSPS) is 11.7. The first-order valence-electron chi connectivity index (χ1n) is 8.79. The van der Waals surface area contributed by atoms with E-state index in [2.05, 4.69) is 29.6 Å². The molecule has 0 bridgehead atoms. The van der Waals surface area contributed by atoms with E-state index in [0.717, 1.165) is 17.1 Å². The third-order valence-corrected chi connectivity index (χ3v) is 5.32. The molecule has 0 aromatic heterocycles.